The van der Waals surface area contributed by atoms with Crippen LogP contribution in [0.2, 0.25) is 0 Å². The van der Waals surface area contributed by atoms with E-state index in [1.54, 1.807) is 13.8 Å². The third-order valence-corrected chi connectivity index (χ3v) is 6.08. The van der Waals surface area contributed by atoms with Crippen LogP contribution in [0.25, 0.3) is 0 Å². The smallest absolute Gasteiger partial charge is 0.227 e. The fourth-order valence-electron chi connectivity index (χ4n) is 4.51. The van der Waals surface area contributed by atoms with E-state index in [1.807, 2.05) is 15.8 Å². The largest absolute Gasteiger partial charge is 0.384 e. The molecule has 0 aliphatic carbocycles. The van der Waals surface area contributed by atoms with Crippen molar-refractivity contribution in [2.45, 2.75) is 44.9 Å². The predicted molar refractivity (Wildman–Crippen MR) is 94.2 cm³/mol. The van der Waals surface area contributed by atoms with Crippen molar-refractivity contribution in [2.75, 3.05) is 39.4 Å². The minimum atomic E-state index is -0.972. The van der Waals surface area contributed by atoms with E-state index in [2.05, 4.69) is 15.2 Å². The summed E-state index contributed by atoms with van der Waals surface area (Å²) in [5.41, 5.74) is -0.381. The van der Waals surface area contributed by atoms with Gasteiger partial charge in [0.1, 0.15) is 11.3 Å². The van der Waals surface area contributed by atoms with Crippen LogP contribution in [0.15, 0.2) is 6.20 Å². The summed E-state index contributed by atoms with van der Waals surface area (Å²) < 4.78 is 7.20. The van der Waals surface area contributed by atoms with Crippen molar-refractivity contribution in [2.24, 2.45) is 11.8 Å². The Morgan fingerprint density at radius 2 is 2.12 bits per heavy atom. The van der Waals surface area contributed by atoms with Crippen LogP contribution in [0.4, 0.5) is 0 Å². The van der Waals surface area contributed by atoms with E-state index in [9.17, 15) is 9.90 Å². The van der Waals surface area contributed by atoms with Crippen LogP contribution in [0.5, 0.6) is 0 Å². The Balaban J connectivity index is 1.39. The van der Waals surface area contributed by atoms with Gasteiger partial charge in [-0.3, -0.25) is 14.4 Å². The summed E-state index contributed by atoms with van der Waals surface area (Å²) in [5.74, 6) is 0.893. The van der Waals surface area contributed by atoms with Gasteiger partial charge in [-0.25, -0.2) is 0 Å². The number of aromatic nitrogens is 3. The maximum atomic E-state index is 12.9. The monoisotopic (exact) mass is 363 g/mol. The molecule has 0 spiro atoms. The molecule has 4 aliphatic heterocycles. The highest BCUT2D eigenvalue weighted by molar-refractivity contribution is 5.79. The molecule has 5 heterocycles. The molecular weight excluding hydrogens is 334 g/mol. The quantitative estimate of drug-likeness (QED) is 0.815. The van der Waals surface area contributed by atoms with E-state index in [4.69, 9.17) is 4.74 Å². The number of carbonyl (C=O) groups is 1. The third-order valence-electron chi connectivity index (χ3n) is 6.08. The molecule has 0 saturated carbocycles. The summed E-state index contributed by atoms with van der Waals surface area (Å²) in [6, 6.07) is 0.388. The molecule has 2 bridgehead atoms. The van der Waals surface area contributed by atoms with Gasteiger partial charge in [0, 0.05) is 25.7 Å². The third kappa shape index (κ3) is 3.50. The van der Waals surface area contributed by atoms with Crippen molar-refractivity contribution in [1.82, 2.24) is 24.8 Å². The minimum Gasteiger partial charge on any atom is -0.384 e. The van der Waals surface area contributed by atoms with Crippen molar-refractivity contribution in [3.8, 4) is 0 Å². The number of hydrogen-bond acceptors (Lipinski definition) is 6. The Hall–Kier alpha value is -1.51. The lowest BCUT2D eigenvalue weighted by Crippen LogP contribution is -2.59. The molecule has 8 heteroatoms. The SMILES string of the molecule is CC(C)(O)c1cn(C[C@H]2C[C@H]3CCN2C[C@@H]3C(=O)N2CCOCC2)nn1. The highest BCUT2D eigenvalue weighted by atomic mass is 16.5. The van der Waals surface area contributed by atoms with E-state index in [1.165, 1.54) is 0 Å². The number of nitrogens with zero attached hydrogens (tertiary/aromatic N) is 5. The molecule has 0 radical (unpaired) electrons. The molecule has 1 N–H and O–H groups in total. The summed E-state index contributed by atoms with van der Waals surface area (Å²) >= 11 is 0. The second kappa shape index (κ2) is 6.90. The summed E-state index contributed by atoms with van der Waals surface area (Å²) in [7, 11) is 0. The lowest BCUT2D eigenvalue weighted by molar-refractivity contribution is -0.148. The van der Waals surface area contributed by atoms with Crippen molar-refractivity contribution >= 4 is 5.91 Å². The molecule has 4 aliphatic rings. The first-order chi connectivity index (χ1) is 12.4. The molecule has 1 unspecified atom stereocenters. The Morgan fingerprint density at radius 3 is 2.73 bits per heavy atom. The van der Waals surface area contributed by atoms with Gasteiger partial charge in [-0.15, -0.1) is 5.10 Å². The maximum absolute atomic E-state index is 12.9. The summed E-state index contributed by atoms with van der Waals surface area (Å²) in [4.78, 5) is 17.3. The molecule has 1 aromatic rings. The normalized spacial score (nSPS) is 32.0. The standard InChI is InChI=1S/C18H29N5O3/c1-18(2,25)16-12-23(20-19-16)10-14-9-13-3-4-22(14)11-15(13)17(24)21-5-7-26-8-6-21/h12-15,25H,3-11H2,1-2H3/t13-,14-,15+/m1/s1. The number of fused-ring (bicyclic) bond motifs is 3. The molecule has 144 valence electrons. The van der Waals surface area contributed by atoms with Gasteiger partial charge in [0.05, 0.1) is 31.9 Å². The summed E-state index contributed by atoms with van der Waals surface area (Å²) in [6.45, 7) is 8.86. The molecule has 4 atom stereocenters. The Kier molecular flexibility index (Phi) is 4.75. The zero-order valence-electron chi connectivity index (χ0n) is 15.7. The molecule has 8 nitrogen and oxygen atoms in total. The van der Waals surface area contributed by atoms with Crippen LogP contribution in [0, 0.1) is 11.8 Å². The van der Waals surface area contributed by atoms with Crippen molar-refractivity contribution < 1.29 is 14.6 Å². The lowest BCUT2D eigenvalue weighted by atomic mass is 9.75. The van der Waals surface area contributed by atoms with Crippen LogP contribution in [-0.4, -0.2) is 81.2 Å². The Labute approximate surface area is 154 Å². The number of aliphatic hydroxyl groups is 1. The molecule has 0 aromatic carbocycles. The number of piperidine rings is 3. The van der Waals surface area contributed by atoms with E-state index < -0.39 is 5.60 Å². The van der Waals surface area contributed by atoms with Crippen LogP contribution in [-0.2, 0) is 21.7 Å². The van der Waals surface area contributed by atoms with Gasteiger partial charge in [0.25, 0.3) is 0 Å². The first kappa shape index (κ1) is 17.9. The average molecular weight is 363 g/mol. The van der Waals surface area contributed by atoms with Gasteiger partial charge in [-0.2, -0.15) is 0 Å². The molecule has 26 heavy (non-hydrogen) atoms. The molecule has 5 rings (SSSR count). The Morgan fingerprint density at radius 1 is 1.35 bits per heavy atom. The van der Waals surface area contributed by atoms with Gasteiger partial charge in [0.15, 0.2) is 0 Å². The van der Waals surface area contributed by atoms with E-state index in [-0.39, 0.29) is 5.92 Å². The van der Waals surface area contributed by atoms with E-state index in [0.29, 0.717) is 36.8 Å². The van der Waals surface area contributed by atoms with E-state index in [0.717, 1.165) is 45.6 Å². The van der Waals surface area contributed by atoms with Crippen molar-refractivity contribution in [3.63, 3.8) is 0 Å². The molecule has 4 fully saturated rings. The number of ether oxygens (including phenoxy) is 1. The molecule has 1 amide bonds. The summed E-state index contributed by atoms with van der Waals surface area (Å²) in [6.07, 6.45) is 3.96. The van der Waals surface area contributed by atoms with Gasteiger partial charge >= 0.3 is 0 Å². The molecular formula is C18H29N5O3. The number of carbonyl (C=O) groups excluding carboxylic acids is 1. The lowest BCUT2D eigenvalue weighted by Gasteiger charge is -2.50. The maximum Gasteiger partial charge on any atom is 0.227 e. The zero-order chi connectivity index (χ0) is 18.3. The van der Waals surface area contributed by atoms with E-state index >= 15 is 0 Å². The highest BCUT2D eigenvalue weighted by Crippen LogP contribution is 2.37. The fourth-order valence-corrected chi connectivity index (χ4v) is 4.51. The fraction of sp³-hybridized carbons (Fsp3) is 0.833. The minimum absolute atomic E-state index is 0.126. The highest BCUT2D eigenvalue weighted by Gasteiger charge is 2.44. The van der Waals surface area contributed by atoms with Crippen LogP contribution >= 0.6 is 0 Å². The van der Waals surface area contributed by atoms with Gasteiger partial charge < -0.3 is 14.7 Å². The van der Waals surface area contributed by atoms with Crippen molar-refractivity contribution in [1.29, 1.82) is 0 Å². The second-order valence-corrected chi connectivity index (χ2v) is 8.36. The first-order valence-corrected chi connectivity index (χ1v) is 9.65. The number of rotatable bonds is 4. The predicted octanol–water partition coefficient (Wildman–Crippen LogP) is 0.0747. The Bertz CT molecular complexity index is 649. The van der Waals surface area contributed by atoms with Crippen molar-refractivity contribution in [3.05, 3.63) is 11.9 Å². The van der Waals surface area contributed by atoms with Crippen LogP contribution in [0.3, 0.4) is 0 Å². The molecule has 4 saturated heterocycles. The first-order valence-electron chi connectivity index (χ1n) is 9.65. The zero-order valence-corrected chi connectivity index (χ0v) is 15.7. The topological polar surface area (TPSA) is 83.7 Å². The van der Waals surface area contributed by atoms with Gasteiger partial charge in [-0.1, -0.05) is 5.21 Å². The average Bonchev–Trinajstić information content (AvgIpc) is 3.11. The number of hydrogen-bond donors (Lipinski definition) is 1. The number of amides is 1. The van der Waals surface area contributed by atoms with Crippen LogP contribution < -0.4 is 0 Å². The van der Waals surface area contributed by atoms with Gasteiger partial charge in [-0.05, 0) is 39.2 Å². The number of morpholine rings is 1. The summed E-state index contributed by atoms with van der Waals surface area (Å²) in [5, 5.41) is 18.3. The van der Waals surface area contributed by atoms with Crippen LogP contribution in [0.1, 0.15) is 32.4 Å². The molecule has 1 aromatic heterocycles. The van der Waals surface area contributed by atoms with Gasteiger partial charge in [0.2, 0.25) is 5.91 Å². The second-order valence-electron chi connectivity index (χ2n) is 8.36.